The van der Waals surface area contributed by atoms with Crippen molar-refractivity contribution >= 4 is 11.8 Å². The first-order valence-corrected chi connectivity index (χ1v) is 8.85. The molecule has 2 heterocycles. The molecule has 1 atom stereocenters. The van der Waals surface area contributed by atoms with Gasteiger partial charge in [0.15, 0.2) is 0 Å². The molecule has 1 fully saturated rings. The van der Waals surface area contributed by atoms with Gasteiger partial charge in [-0.05, 0) is 42.2 Å². The van der Waals surface area contributed by atoms with Crippen LogP contribution in [0.4, 0.5) is 0 Å². The Morgan fingerprint density at radius 1 is 1.24 bits per heavy atom. The molecule has 0 spiro atoms. The Kier molecular flexibility index (Phi) is 4.99. The zero-order valence-electron chi connectivity index (χ0n) is 12.3. The summed E-state index contributed by atoms with van der Waals surface area (Å²) in [4.78, 5) is 4.33. The molecule has 0 saturated carbocycles. The van der Waals surface area contributed by atoms with Crippen molar-refractivity contribution in [2.24, 2.45) is 11.7 Å². The normalized spacial score (nSPS) is 17.8. The molecule has 0 unspecified atom stereocenters. The zero-order chi connectivity index (χ0) is 14.5. The van der Waals surface area contributed by atoms with E-state index in [4.69, 9.17) is 5.73 Å². The first-order valence-electron chi connectivity index (χ1n) is 7.70. The second-order valence-corrected chi connectivity index (χ2v) is 7.05. The highest BCUT2D eigenvalue weighted by molar-refractivity contribution is 7.99. The van der Waals surface area contributed by atoms with Gasteiger partial charge in [0.25, 0.3) is 0 Å². The summed E-state index contributed by atoms with van der Waals surface area (Å²) < 4.78 is 2.27. The van der Waals surface area contributed by atoms with Gasteiger partial charge in [-0.25, -0.2) is 4.98 Å². The molecule has 2 N–H and O–H groups in total. The van der Waals surface area contributed by atoms with Crippen LogP contribution in [0.15, 0.2) is 42.9 Å². The number of nitrogens with zero attached hydrogens (tertiary/aromatic N) is 2. The Morgan fingerprint density at radius 3 is 2.76 bits per heavy atom. The molecule has 1 aromatic heterocycles. The summed E-state index contributed by atoms with van der Waals surface area (Å²) in [7, 11) is 0. The van der Waals surface area contributed by atoms with E-state index in [0.717, 1.165) is 24.6 Å². The van der Waals surface area contributed by atoms with Gasteiger partial charge >= 0.3 is 0 Å². The van der Waals surface area contributed by atoms with Gasteiger partial charge in [0.1, 0.15) is 0 Å². The Balaban J connectivity index is 1.66. The van der Waals surface area contributed by atoms with Crippen LogP contribution in [0.2, 0.25) is 0 Å². The third-order valence-corrected chi connectivity index (χ3v) is 5.27. The molecule has 1 saturated heterocycles. The lowest BCUT2D eigenvalue weighted by Gasteiger charge is -2.23. The lowest BCUT2D eigenvalue weighted by atomic mass is 10.0. The van der Waals surface area contributed by atoms with Gasteiger partial charge in [-0.2, -0.15) is 11.8 Å². The second-order valence-electron chi connectivity index (χ2n) is 5.82. The van der Waals surface area contributed by atoms with Crippen molar-refractivity contribution in [1.82, 2.24) is 9.55 Å². The maximum absolute atomic E-state index is 6.41. The van der Waals surface area contributed by atoms with Gasteiger partial charge in [-0.3, -0.25) is 0 Å². The molecule has 21 heavy (non-hydrogen) atoms. The summed E-state index contributed by atoms with van der Waals surface area (Å²) >= 11 is 2.07. The van der Waals surface area contributed by atoms with Crippen molar-refractivity contribution in [3.63, 3.8) is 0 Å². The van der Waals surface area contributed by atoms with Gasteiger partial charge in [0.05, 0.1) is 18.1 Å². The predicted molar refractivity (Wildman–Crippen MR) is 89.4 cm³/mol. The molecule has 0 aliphatic carbocycles. The third kappa shape index (κ3) is 3.89. The monoisotopic (exact) mass is 301 g/mol. The number of imidazole rings is 1. The molecule has 3 rings (SSSR count). The van der Waals surface area contributed by atoms with Gasteiger partial charge in [0, 0.05) is 12.7 Å². The van der Waals surface area contributed by atoms with Crippen molar-refractivity contribution in [3.05, 3.63) is 54.1 Å². The minimum Gasteiger partial charge on any atom is -0.333 e. The van der Waals surface area contributed by atoms with Crippen molar-refractivity contribution in [1.29, 1.82) is 0 Å². The first-order chi connectivity index (χ1) is 10.3. The lowest BCUT2D eigenvalue weighted by Crippen LogP contribution is -2.22. The lowest BCUT2D eigenvalue weighted by molar-refractivity contribution is 0.404. The summed E-state index contributed by atoms with van der Waals surface area (Å²) in [5.41, 5.74) is 8.86. The van der Waals surface area contributed by atoms with Crippen LogP contribution in [0.3, 0.4) is 0 Å². The zero-order valence-corrected chi connectivity index (χ0v) is 13.1. The molecule has 1 aliphatic rings. The summed E-state index contributed by atoms with van der Waals surface area (Å²) in [6.45, 7) is 1.07. The topological polar surface area (TPSA) is 43.8 Å². The number of thioether (sulfide) groups is 1. The fourth-order valence-electron chi connectivity index (χ4n) is 2.97. The molecule has 0 radical (unpaired) electrons. The number of benzene rings is 1. The number of hydrogen-bond donors (Lipinski definition) is 1. The molecule has 2 aromatic rings. The van der Waals surface area contributed by atoms with Gasteiger partial charge < -0.3 is 10.3 Å². The highest BCUT2D eigenvalue weighted by Crippen LogP contribution is 2.25. The van der Waals surface area contributed by atoms with E-state index >= 15 is 0 Å². The van der Waals surface area contributed by atoms with Crippen LogP contribution >= 0.6 is 11.8 Å². The van der Waals surface area contributed by atoms with E-state index in [1.54, 1.807) is 0 Å². The van der Waals surface area contributed by atoms with Crippen LogP contribution in [-0.4, -0.2) is 21.1 Å². The fourth-order valence-corrected chi connectivity index (χ4v) is 4.18. The standard InChI is InChI=1S/C17H23N3S/c18-16(10-14-4-2-1-3-5-14)17-11-19-13-20(17)12-15-6-8-21-9-7-15/h1-5,11,13,15-16H,6-10,12,18H2/t16-/m1/s1. The number of rotatable bonds is 5. The summed E-state index contributed by atoms with van der Waals surface area (Å²) in [6.07, 6.45) is 7.38. The average Bonchev–Trinajstić information content (AvgIpc) is 2.97. The molecule has 0 amide bonds. The summed E-state index contributed by atoms with van der Waals surface area (Å²) in [5.74, 6) is 3.37. The van der Waals surface area contributed by atoms with Crippen LogP contribution in [0, 0.1) is 5.92 Å². The molecule has 1 aliphatic heterocycles. The predicted octanol–water partition coefficient (Wildman–Crippen LogP) is 3.27. The Hall–Kier alpha value is -1.26. The van der Waals surface area contributed by atoms with Gasteiger partial charge in [-0.1, -0.05) is 30.3 Å². The van der Waals surface area contributed by atoms with E-state index in [1.165, 1.54) is 29.9 Å². The Labute approximate surface area is 131 Å². The Bertz CT molecular complexity index is 546. The van der Waals surface area contributed by atoms with Crippen LogP contribution in [-0.2, 0) is 13.0 Å². The molecule has 112 valence electrons. The van der Waals surface area contributed by atoms with Crippen molar-refractivity contribution < 1.29 is 0 Å². The van der Waals surface area contributed by atoms with Crippen LogP contribution in [0.5, 0.6) is 0 Å². The highest BCUT2D eigenvalue weighted by Gasteiger charge is 2.18. The number of hydrogen-bond acceptors (Lipinski definition) is 3. The fraction of sp³-hybridized carbons (Fsp3) is 0.471. The molecule has 3 nitrogen and oxygen atoms in total. The maximum atomic E-state index is 6.41. The first kappa shape index (κ1) is 14.7. The largest absolute Gasteiger partial charge is 0.333 e. The van der Waals surface area contributed by atoms with E-state index in [1.807, 2.05) is 18.6 Å². The molecular formula is C17H23N3S. The third-order valence-electron chi connectivity index (χ3n) is 4.22. The maximum Gasteiger partial charge on any atom is 0.0948 e. The highest BCUT2D eigenvalue weighted by atomic mass is 32.2. The molecule has 1 aromatic carbocycles. The van der Waals surface area contributed by atoms with Crippen LogP contribution in [0.25, 0.3) is 0 Å². The van der Waals surface area contributed by atoms with Gasteiger partial charge in [-0.15, -0.1) is 0 Å². The van der Waals surface area contributed by atoms with Gasteiger partial charge in [0.2, 0.25) is 0 Å². The van der Waals surface area contributed by atoms with E-state index < -0.39 is 0 Å². The summed E-state index contributed by atoms with van der Waals surface area (Å²) in [5, 5.41) is 0. The SMILES string of the molecule is N[C@H](Cc1ccccc1)c1cncn1CC1CCSCC1. The van der Waals surface area contributed by atoms with E-state index in [9.17, 15) is 0 Å². The average molecular weight is 301 g/mol. The quantitative estimate of drug-likeness (QED) is 0.922. The minimum atomic E-state index is 0.0212. The van der Waals surface area contributed by atoms with E-state index in [2.05, 4.69) is 45.6 Å². The number of nitrogens with two attached hydrogens (primary N) is 1. The molecular weight excluding hydrogens is 278 g/mol. The van der Waals surface area contributed by atoms with E-state index in [0.29, 0.717) is 0 Å². The molecule has 0 bridgehead atoms. The summed E-state index contributed by atoms with van der Waals surface area (Å²) in [6, 6.07) is 10.5. The minimum absolute atomic E-state index is 0.0212. The van der Waals surface area contributed by atoms with Crippen LogP contribution in [0.1, 0.15) is 30.1 Å². The van der Waals surface area contributed by atoms with Crippen LogP contribution < -0.4 is 5.73 Å². The van der Waals surface area contributed by atoms with Crippen molar-refractivity contribution in [2.45, 2.75) is 31.8 Å². The Morgan fingerprint density at radius 2 is 2.00 bits per heavy atom. The second kappa shape index (κ2) is 7.14. The number of aromatic nitrogens is 2. The smallest absolute Gasteiger partial charge is 0.0948 e. The van der Waals surface area contributed by atoms with E-state index in [-0.39, 0.29) is 6.04 Å². The van der Waals surface area contributed by atoms with Crippen molar-refractivity contribution in [3.8, 4) is 0 Å². The molecule has 4 heteroatoms. The van der Waals surface area contributed by atoms with Crippen molar-refractivity contribution in [2.75, 3.05) is 11.5 Å².